The molecule has 20 heavy (non-hydrogen) atoms. The summed E-state index contributed by atoms with van der Waals surface area (Å²) in [5.74, 6) is 0.131. The SMILES string of the molecule is CC(C)NC(=O)CCN(Cc1ccccc1N)C1CC1. The number of hydrogen-bond donors (Lipinski definition) is 2. The lowest BCUT2D eigenvalue weighted by molar-refractivity contribution is -0.121. The normalized spacial score (nSPS) is 14.8. The van der Waals surface area contributed by atoms with Crippen molar-refractivity contribution in [1.82, 2.24) is 10.2 Å². The molecule has 0 unspecified atom stereocenters. The fourth-order valence-corrected chi connectivity index (χ4v) is 2.37. The van der Waals surface area contributed by atoms with Gasteiger partial charge in [-0.3, -0.25) is 9.69 Å². The predicted molar refractivity (Wildman–Crippen MR) is 82.2 cm³/mol. The van der Waals surface area contributed by atoms with E-state index in [2.05, 4.69) is 16.3 Å². The van der Waals surface area contributed by atoms with E-state index < -0.39 is 0 Å². The number of para-hydroxylation sites is 1. The number of nitrogens with two attached hydrogens (primary N) is 1. The van der Waals surface area contributed by atoms with E-state index in [1.54, 1.807) is 0 Å². The average Bonchev–Trinajstić information content (AvgIpc) is 3.20. The van der Waals surface area contributed by atoms with E-state index in [0.717, 1.165) is 24.3 Å². The molecule has 4 nitrogen and oxygen atoms in total. The second-order valence-corrected chi connectivity index (χ2v) is 5.87. The van der Waals surface area contributed by atoms with Gasteiger partial charge in [0.1, 0.15) is 0 Å². The summed E-state index contributed by atoms with van der Waals surface area (Å²) in [5.41, 5.74) is 8.00. The number of carbonyl (C=O) groups is 1. The van der Waals surface area contributed by atoms with Crippen molar-refractivity contribution in [2.24, 2.45) is 0 Å². The number of nitrogen functional groups attached to an aromatic ring is 1. The summed E-state index contributed by atoms with van der Waals surface area (Å²) < 4.78 is 0. The van der Waals surface area contributed by atoms with Crippen LogP contribution in [0.25, 0.3) is 0 Å². The number of carbonyl (C=O) groups excluding carboxylic acids is 1. The molecule has 1 amide bonds. The van der Waals surface area contributed by atoms with Gasteiger partial charge in [-0.05, 0) is 38.3 Å². The molecule has 1 aliphatic rings. The first-order chi connectivity index (χ1) is 9.56. The van der Waals surface area contributed by atoms with E-state index in [1.807, 2.05) is 32.0 Å². The second kappa shape index (κ2) is 6.75. The molecule has 0 bridgehead atoms. The Bertz CT molecular complexity index is 455. The topological polar surface area (TPSA) is 58.4 Å². The van der Waals surface area contributed by atoms with Crippen LogP contribution in [0.5, 0.6) is 0 Å². The van der Waals surface area contributed by atoms with Gasteiger partial charge < -0.3 is 11.1 Å². The summed E-state index contributed by atoms with van der Waals surface area (Å²) in [6.07, 6.45) is 3.03. The van der Waals surface area contributed by atoms with Crippen molar-refractivity contribution in [2.45, 2.75) is 51.7 Å². The molecule has 1 saturated carbocycles. The maximum absolute atomic E-state index is 11.8. The highest BCUT2D eigenvalue weighted by atomic mass is 16.1. The monoisotopic (exact) mass is 275 g/mol. The first-order valence-electron chi connectivity index (χ1n) is 7.43. The Hall–Kier alpha value is -1.55. The lowest BCUT2D eigenvalue weighted by Gasteiger charge is -2.22. The summed E-state index contributed by atoms with van der Waals surface area (Å²) in [4.78, 5) is 14.1. The highest BCUT2D eigenvalue weighted by molar-refractivity contribution is 5.76. The minimum absolute atomic E-state index is 0.131. The number of nitrogens with zero attached hydrogens (tertiary/aromatic N) is 1. The van der Waals surface area contributed by atoms with Gasteiger partial charge in [0.2, 0.25) is 5.91 Å². The number of hydrogen-bond acceptors (Lipinski definition) is 3. The third kappa shape index (κ3) is 4.53. The molecular weight excluding hydrogens is 250 g/mol. The van der Waals surface area contributed by atoms with Crippen LogP contribution in [0.2, 0.25) is 0 Å². The van der Waals surface area contributed by atoms with Crippen LogP contribution in [0.1, 0.15) is 38.7 Å². The fraction of sp³-hybridized carbons (Fsp3) is 0.562. The van der Waals surface area contributed by atoms with Crippen molar-refractivity contribution < 1.29 is 4.79 Å². The largest absolute Gasteiger partial charge is 0.398 e. The number of anilines is 1. The molecule has 0 saturated heterocycles. The highest BCUT2D eigenvalue weighted by Gasteiger charge is 2.29. The number of rotatable bonds is 7. The van der Waals surface area contributed by atoms with Gasteiger partial charge in [-0.15, -0.1) is 0 Å². The Morgan fingerprint density at radius 1 is 1.40 bits per heavy atom. The van der Waals surface area contributed by atoms with E-state index in [1.165, 1.54) is 12.8 Å². The van der Waals surface area contributed by atoms with Gasteiger partial charge in [0.25, 0.3) is 0 Å². The maximum Gasteiger partial charge on any atom is 0.221 e. The van der Waals surface area contributed by atoms with Crippen LogP contribution in [-0.2, 0) is 11.3 Å². The smallest absolute Gasteiger partial charge is 0.221 e. The van der Waals surface area contributed by atoms with Gasteiger partial charge >= 0.3 is 0 Å². The van der Waals surface area contributed by atoms with Crippen LogP contribution in [0.15, 0.2) is 24.3 Å². The third-order valence-corrected chi connectivity index (χ3v) is 3.57. The van der Waals surface area contributed by atoms with Gasteiger partial charge in [0, 0.05) is 37.3 Å². The fourth-order valence-electron chi connectivity index (χ4n) is 2.37. The quantitative estimate of drug-likeness (QED) is 0.750. The zero-order chi connectivity index (χ0) is 14.5. The van der Waals surface area contributed by atoms with Crippen LogP contribution < -0.4 is 11.1 Å². The van der Waals surface area contributed by atoms with Crippen molar-refractivity contribution >= 4 is 11.6 Å². The molecule has 1 aromatic carbocycles. The van der Waals surface area contributed by atoms with E-state index >= 15 is 0 Å². The molecular formula is C16H25N3O. The second-order valence-electron chi connectivity index (χ2n) is 5.87. The molecule has 3 N–H and O–H groups in total. The molecule has 0 radical (unpaired) electrons. The lowest BCUT2D eigenvalue weighted by Crippen LogP contribution is -2.35. The van der Waals surface area contributed by atoms with E-state index in [-0.39, 0.29) is 11.9 Å². The molecule has 1 aromatic rings. The Morgan fingerprint density at radius 3 is 2.70 bits per heavy atom. The Kier molecular flexibility index (Phi) is 5.01. The summed E-state index contributed by atoms with van der Waals surface area (Å²) in [5, 5.41) is 2.94. The maximum atomic E-state index is 11.8. The molecule has 0 spiro atoms. The Labute approximate surface area is 121 Å². The van der Waals surface area contributed by atoms with Crippen molar-refractivity contribution in [1.29, 1.82) is 0 Å². The highest BCUT2D eigenvalue weighted by Crippen LogP contribution is 2.29. The summed E-state index contributed by atoms with van der Waals surface area (Å²) in [6, 6.07) is 8.81. The Morgan fingerprint density at radius 2 is 2.10 bits per heavy atom. The van der Waals surface area contributed by atoms with Gasteiger partial charge in [-0.2, -0.15) is 0 Å². The first kappa shape index (κ1) is 14.9. The van der Waals surface area contributed by atoms with Crippen molar-refractivity contribution in [3.05, 3.63) is 29.8 Å². The van der Waals surface area contributed by atoms with Crippen LogP contribution in [0.4, 0.5) is 5.69 Å². The molecule has 0 aromatic heterocycles. The van der Waals surface area contributed by atoms with Crippen LogP contribution in [0.3, 0.4) is 0 Å². The predicted octanol–water partition coefficient (Wildman–Crippen LogP) is 2.15. The van der Waals surface area contributed by atoms with Crippen LogP contribution >= 0.6 is 0 Å². The molecule has 4 heteroatoms. The minimum Gasteiger partial charge on any atom is -0.398 e. The summed E-state index contributed by atoms with van der Waals surface area (Å²) >= 11 is 0. The molecule has 0 aliphatic heterocycles. The molecule has 1 aliphatic carbocycles. The van der Waals surface area contributed by atoms with Gasteiger partial charge in [-0.25, -0.2) is 0 Å². The molecule has 2 rings (SSSR count). The Balaban J connectivity index is 1.88. The lowest BCUT2D eigenvalue weighted by atomic mass is 10.1. The number of amides is 1. The minimum atomic E-state index is 0.131. The van der Waals surface area contributed by atoms with Gasteiger partial charge in [0.05, 0.1) is 0 Å². The van der Waals surface area contributed by atoms with E-state index in [0.29, 0.717) is 12.5 Å². The zero-order valence-corrected chi connectivity index (χ0v) is 12.4. The van der Waals surface area contributed by atoms with Crippen LogP contribution in [-0.4, -0.2) is 29.4 Å². The van der Waals surface area contributed by atoms with E-state index in [9.17, 15) is 4.79 Å². The standard InChI is InChI=1S/C16H25N3O/c1-12(2)18-16(20)9-10-19(14-7-8-14)11-13-5-3-4-6-15(13)17/h3-6,12,14H,7-11,17H2,1-2H3,(H,18,20). The molecule has 110 valence electrons. The molecule has 0 heterocycles. The summed E-state index contributed by atoms with van der Waals surface area (Å²) in [7, 11) is 0. The molecule has 1 fully saturated rings. The summed E-state index contributed by atoms with van der Waals surface area (Å²) in [6.45, 7) is 5.62. The molecule has 0 atom stereocenters. The number of benzene rings is 1. The van der Waals surface area contributed by atoms with Crippen molar-refractivity contribution in [3.8, 4) is 0 Å². The van der Waals surface area contributed by atoms with Gasteiger partial charge in [0.15, 0.2) is 0 Å². The average molecular weight is 275 g/mol. The van der Waals surface area contributed by atoms with Gasteiger partial charge in [-0.1, -0.05) is 18.2 Å². The first-order valence-corrected chi connectivity index (χ1v) is 7.43. The van der Waals surface area contributed by atoms with Crippen molar-refractivity contribution in [3.63, 3.8) is 0 Å². The zero-order valence-electron chi connectivity index (χ0n) is 12.4. The van der Waals surface area contributed by atoms with E-state index in [4.69, 9.17) is 5.73 Å². The van der Waals surface area contributed by atoms with Crippen molar-refractivity contribution in [2.75, 3.05) is 12.3 Å². The third-order valence-electron chi connectivity index (χ3n) is 3.57. The number of nitrogens with one attached hydrogen (secondary N) is 1. The van der Waals surface area contributed by atoms with Crippen LogP contribution in [0, 0.1) is 0 Å².